The molecule has 0 unspecified atom stereocenters. The van der Waals surface area contributed by atoms with Gasteiger partial charge in [-0.15, -0.1) is 11.3 Å². The number of likely N-dealkylation sites (tertiary alicyclic amines) is 1. The number of nitrogens with zero attached hydrogens (tertiary/aromatic N) is 3. The second-order valence-corrected chi connectivity index (χ2v) is 7.37. The maximum Gasteiger partial charge on any atom is 0.290 e. The SMILES string of the molecule is C[C@H]1CCCN(C(=O)[C@H](C)n2nc(-c3cccs3)cc(N)c2=O)C1. The Morgan fingerprint density at radius 1 is 1.50 bits per heavy atom. The fraction of sp³-hybridized carbons (Fsp3) is 0.471. The number of hydrogen-bond acceptors (Lipinski definition) is 5. The molecule has 0 spiro atoms. The Hall–Kier alpha value is -2.15. The van der Waals surface area contributed by atoms with Gasteiger partial charge in [0.15, 0.2) is 0 Å². The lowest BCUT2D eigenvalue weighted by molar-refractivity contribution is -0.136. The molecule has 3 rings (SSSR count). The molecule has 6 nitrogen and oxygen atoms in total. The maximum absolute atomic E-state index is 12.8. The molecule has 2 aromatic heterocycles. The molecule has 0 radical (unpaired) electrons. The number of nitrogens with two attached hydrogens (primary N) is 1. The molecule has 2 aromatic rings. The Balaban J connectivity index is 1.93. The first-order valence-corrected chi connectivity index (χ1v) is 9.07. The van der Waals surface area contributed by atoms with E-state index in [-0.39, 0.29) is 11.6 Å². The van der Waals surface area contributed by atoms with Crippen LogP contribution in [-0.2, 0) is 4.79 Å². The van der Waals surface area contributed by atoms with Crippen LogP contribution in [0, 0.1) is 5.92 Å². The molecule has 0 saturated carbocycles. The minimum absolute atomic E-state index is 0.0705. The number of hydrogen-bond donors (Lipinski definition) is 1. The Bertz CT molecular complexity index is 784. The zero-order chi connectivity index (χ0) is 17.3. The largest absolute Gasteiger partial charge is 0.394 e. The number of carbonyl (C=O) groups is 1. The third kappa shape index (κ3) is 3.21. The molecule has 0 aromatic carbocycles. The van der Waals surface area contributed by atoms with Gasteiger partial charge in [0.05, 0.1) is 4.88 Å². The van der Waals surface area contributed by atoms with E-state index in [1.54, 1.807) is 13.0 Å². The number of carbonyl (C=O) groups excluding carboxylic acids is 1. The van der Waals surface area contributed by atoms with E-state index in [9.17, 15) is 9.59 Å². The number of aromatic nitrogens is 2. The fourth-order valence-corrected chi connectivity index (χ4v) is 3.78. The number of thiophene rings is 1. The van der Waals surface area contributed by atoms with Gasteiger partial charge < -0.3 is 10.6 Å². The lowest BCUT2D eigenvalue weighted by Crippen LogP contribution is -2.44. The van der Waals surface area contributed by atoms with E-state index >= 15 is 0 Å². The predicted molar refractivity (Wildman–Crippen MR) is 95.9 cm³/mol. The van der Waals surface area contributed by atoms with Gasteiger partial charge in [0, 0.05) is 13.1 Å². The maximum atomic E-state index is 12.8. The van der Waals surface area contributed by atoms with Crippen molar-refractivity contribution in [2.75, 3.05) is 18.8 Å². The molecule has 7 heteroatoms. The van der Waals surface area contributed by atoms with Crippen molar-refractivity contribution in [3.63, 3.8) is 0 Å². The van der Waals surface area contributed by atoms with E-state index < -0.39 is 11.6 Å². The zero-order valence-corrected chi connectivity index (χ0v) is 14.8. The minimum atomic E-state index is -0.662. The van der Waals surface area contributed by atoms with Gasteiger partial charge in [0.1, 0.15) is 17.4 Å². The summed E-state index contributed by atoms with van der Waals surface area (Å²) in [5.74, 6) is 0.418. The van der Waals surface area contributed by atoms with Gasteiger partial charge in [-0.25, -0.2) is 4.68 Å². The summed E-state index contributed by atoms with van der Waals surface area (Å²) in [4.78, 5) is 27.9. The zero-order valence-electron chi connectivity index (χ0n) is 13.9. The van der Waals surface area contributed by atoms with Gasteiger partial charge in [-0.2, -0.15) is 5.10 Å². The lowest BCUT2D eigenvalue weighted by Gasteiger charge is -2.32. The van der Waals surface area contributed by atoms with Crippen LogP contribution in [0.25, 0.3) is 10.6 Å². The molecule has 1 aliphatic heterocycles. The van der Waals surface area contributed by atoms with Gasteiger partial charge in [0.2, 0.25) is 5.91 Å². The van der Waals surface area contributed by atoms with Crippen LogP contribution in [0.15, 0.2) is 28.4 Å². The summed E-state index contributed by atoms with van der Waals surface area (Å²) in [6.07, 6.45) is 2.14. The smallest absolute Gasteiger partial charge is 0.290 e. The van der Waals surface area contributed by atoms with E-state index in [0.717, 1.165) is 30.8 Å². The van der Waals surface area contributed by atoms with E-state index in [1.165, 1.54) is 16.0 Å². The third-order valence-electron chi connectivity index (χ3n) is 4.43. The van der Waals surface area contributed by atoms with Crippen LogP contribution in [0.5, 0.6) is 0 Å². The van der Waals surface area contributed by atoms with E-state index in [4.69, 9.17) is 5.73 Å². The molecule has 1 aliphatic rings. The fourth-order valence-electron chi connectivity index (χ4n) is 3.10. The van der Waals surface area contributed by atoms with Crippen molar-refractivity contribution in [3.8, 4) is 10.6 Å². The van der Waals surface area contributed by atoms with Crippen molar-refractivity contribution in [1.29, 1.82) is 0 Å². The van der Waals surface area contributed by atoms with Crippen LogP contribution in [0.1, 0.15) is 32.7 Å². The Labute approximate surface area is 144 Å². The quantitative estimate of drug-likeness (QED) is 0.925. The summed E-state index contributed by atoms with van der Waals surface area (Å²) in [7, 11) is 0. The van der Waals surface area contributed by atoms with Crippen LogP contribution in [0.3, 0.4) is 0 Å². The summed E-state index contributed by atoms with van der Waals surface area (Å²) in [6, 6.07) is 4.74. The van der Waals surface area contributed by atoms with Crippen molar-refractivity contribution < 1.29 is 4.79 Å². The molecule has 1 amide bonds. The van der Waals surface area contributed by atoms with Gasteiger partial charge in [0.25, 0.3) is 5.56 Å². The normalized spacial score (nSPS) is 19.2. The number of nitrogen functional groups attached to an aromatic ring is 1. The van der Waals surface area contributed by atoms with Crippen molar-refractivity contribution in [2.24, 2.45) is 5.92 Å². The van der Waals surface area contributed by atoms with Crippen LogP contribution in [0.2, 0.25) is 0 Å². The number of piperidine rings is 1. The third-order valence-corrected chi connectivity index (χ3v) is 5.32. The number of amides is 1. The first-order valence-electron chi connectivity index (χ1n) is 8.19. The summed E-state index contributed by atoms with van der Waals surface area (Å²) in [5.41, 5.74) is 6.19. The monoisotopic (exact) mass is 346 g/mol. The second-order valence-electron chi connectivity index (χ2n) is 6.42. The summed E-state index contributed by atoms with van der Waals surface area (Å²) in [6.45, 7) is 5.33. The van der Waals surface area contributed by atoms with Crippen molar-refractivity contribution in [2.45, 2.75) is 32.7 Å². The van der Waals surface area contributed by atoms with Crippen molar-refractivity contribution >= 4 is 22.9 Å². The van der Waals surface area contributed by atoms with Gasteiger partial charge in [-0.05, 0) is 43.2 Å². The van der Waals surface area contributed by atoms with Gasteiger partial charge in [-0.1, -0.05) is 13.0 Å². The van der Waals surface area contributed by atoms with Gasteiger partial charge in [-0.3, -0.25) is 9.59 Å². The topological polar surface area (TPSA) is 81.2 Å². The molecular weight excluding hydrogens is 324 g/mol. The Morgan fingerprint density at radius 2 is 2.29 bits per heavy atom. The van der Waals surface area contributed by atoms with E-state index in [0.29, 0.717) is 11.6 Å². The first-order chi connectivity index (χ1) is 11.5. The molecule has 0 aliphatic carbocycles. The summed E-state index contributed by atoms with van der Waals surface area (Å²) >= 11 is 1.52. The Kier molecular flexibility index (Phi) is 4.71. The van der Waals surface area contributed by atoms with E-state index in [2.05, 4.69) is 12.0 Å². The highest BCUT2D eigenvalue weighted by Gasteiger charge is 2.27. The predicted octanol–water partition coefficient (Wildman–Crippen LogP) is 2.37. The number of anilines is 1. The highest BCUT2D eigenvalue weighted by Crippen LogP contribution is 2.24. The highest BCUT2D eigenvalue weighted by molar-refractivity contribution is 7.13. The molecule has 1 fully saturated rings. The summed E-state index contributed by atoms with van der Waals surface area (Å²) < 4.78 is 1.23. The van der Waals surface area contributed by atoms with Crippen LogP contribution >= 0.6 is 11.3 Å². The van der Waals surface area contributed by atoms with Crippen LogP contribution in [-0.4, -0.2) is 33.7 Å². The molecule has 2 atom stereocenters. The van der Waals surface area contributed by atoms with Gasteiger partial charge >= 0.3 is 0 Å². The molecule has 1 saturated heterocycles. The highest BCUT2D eigenvalue weighted by atomic mass is 32.1. The molecule has 128 valence electrons. The van der Waals surface area contributed by atoms with Crippen molar-refractivity contribution in [1.82, 2.24) is 14.7 Å². The minimum Gasteiger partial charge on any atom is -0.394 e. The average molecular weight is 346 g/mol. The Morgan fingerprint density at radius 3 is 2.96 bits per heavy atom. The molecular formula is C17H22N4O2S. The van der Waals surface area contributed by atoms with Crippen molar-refractivity contribution in [3.05, 3.63) is 33.9 Å². The average Bonchev–Trinajstić information content (AvgIpc) is 3.10. The first kappa shape index (κ1) is 16.7. The second kappa shape index (κ2) is 6.76. The standard InChI is InChI=1S/C17H22N4O2S/c1-11-5-3-7-20(10-11)16(22)12(2)21-17(23)13(18)9-14(19-21)15-6-4-8-24-15/h4,6,8-9,11-12H,3,5,7,10,18H2,1-2H3/t11-,12-/m0/s1. The summed E-state index contributed by atoms with van der Waals surface area (Å²) in [5, 5.41) is 6.33. The lowest BCUT2D eigenvalue weighted by atomic mass is 10.00. The molecule has 2 N–H and O–H groups in total. The molecule has 24 heavy (non-hydrogen) atoms. The van der Waals surface area contributed by atoms with Crippen LogP contribution in [0.4, 0.5) is 5.69 Å². The molecule has 3 heterocycles. The van der Waals surface area contributed by atoms with E-state index in [1.807, 2.05) is 22.4 Å². The number of rotatable bonds is 3. The molecule has 0 bridgehead atoms. The van der Waals surface area contributed by atoms with Crippen LogP contribution < -0.4 is 11.3 Å².